The van der Waals surface area contributed by atoms with E-state index in [9.17, 15) is 83.4 Å². The summed E-state index contributed by atoms with van der Waals surface area (Å²) < 4.78 is 241. The van der Waals surface area contributed by atoms with Crippen molar-refractivity contribution in [3.63, 3.8) is 0 Å². The summed E-state index contributed by atoms with van der Waals surface area (Å²) in [4.78, 5) is 0. The van der Waals surface area contributed by atoms with Gasteiger partial charge in [-0.15, -0.1) is 0 Å². The van der Waals surface area contributed by atoms with E-state index in [4.69, 9.17) is 10.2 Å². The van der Waals surface area contributed by atoms with Crippen LogP contribution in [0.15, 0.2) is 0 Å². The molecule has 0 aromatic rings. The topological polar surface area (TPSA) is 40.5 Å². The van der Waals surface area contributed by atoms with Crippen LogP contribution >= 0.6 is 0 Å². The molecule has 0 bridgehead atoms. The summed E-state index contributed by atoms with van der Waals surface area (Å²) in [5.74, 6) is -66.8. The van der Waals surface area contributed by atoms with Gasteiger partial charge in [0.1, 0.15) is 0 Å². The first-order valence-corrected chi connectivity index (χ1v) is 6.39. The number of rotatable bonds is 8. The van der Waals surface area contributed by atoms with Crippen LogP contribution in [0.25, 0.3) is 0 Å². The fraction of sp³-hybridized carbons (Fsp3) is 1.00. The minimum atomic E-state index is -8.75. The number of hydrogen-bond acceptors (Lipinski definition) is 2. The van der Waals surface area contributed by atoms with Crippen molar-refractivity contribution in [1.82, 2.24) is 0 Å². The maximum Gasteiger partial charge on any atom is 0.460 e. The van der Waals surface area contributed by atoms with Crippen molar-refractivity contribution in [2.75, 3.05) is 0 Å². The molecule has 0 fully saturated rings. The van der Waals surface area contributed by atoms with Crippen molar-refractivity contribution in [2.45, 2.75) is 59.8 Å². The zero-order valence-electron chi connectivity index (χ0n) is 13.2. The highest BCUT2D eigenvalue weighted by Crippen LogP contribution is 2.63. The minimum absolute atomic E-state index is 5.95. The smallest absolute Gasteiger partial charge is 0.352 e. The number of hydrogen-bond donors (Lipinski definition) is 2. The summed E-state index contributed by atoms with van der Waals surface area (Å²) >= 11 is 0. The van der Waals surface area contributed by atoms with Gasteiger partial charge in [0, 0.05) is 0 Å². The lowest BCUT2D eigenvalue weighted by atomic mass is 9.86. The lowest BCUT2D eigenvalue weighted by molar-refractivity contribution is -0.490. The first-order chi connectivity index (χ1) is 12.9. The van der Waals surface area contributed by atoms with Gasteiger partial charge < -0.3 is 10.2 Å². The van der Waals surface area contributed by atoms with Crippen LogP contribution in [-0.2, 0) is 0 Å². The Morgan fingerprint density at radius 1 is 0.387 bits per heavy atom. The molecule has 188 valence electrons. The second-order valence-electron chi connectivity index (χ2n) is 5.54. The maximum atomic E-state index is 13.4. The van der Waals surface area contributed by atoms with Crippen LogP contribution in [0, 0.1) is 0 Å². The molecule has 21 heteroatoms. The standard InChI is InChI=1S/C10H3F19O2/c11-1(12)2(13,14)8(25,30)5(19,20)6(21,22)9(26,31)4(17,18)3(15,16)7(23,24)10(27,28)29/h1,30-31H. The minimum Gasteiger partial charge on any atom is -0.352 e. The summed E-state index contributed by atoms with van der Waals surface area (Å²) in [7, 11) is 0. The van der Waals surface area contributed by atoms with Gasteiger partial charge >= 0.3 is 59.8 Å². The highest BCUT2D eigenvalue weighted by molar-refractivity contribution is 5.16. The molecular weight excluding hydrogens is 513 g/mol. The predicted molar refractivity (Wildman–Crippen MR) is 53.9 cm³/mol. The third kappa shape index (κ3) is 3.45. The van der Waals surface area contributed by atoms with Crippen molar-refractivity contribution >= 4 is 0 Å². The van der Waals surface area contributed by atoms with Crippen LogP contribution in [0.4, 0.5) is 83.4 Å². The van der Waals surface area contributed by atoms with Crippen LogP contribution in [0.2, 0.25) is 0 Å². The predicted octanol–water partition coefficient (Wildman–Crippen LogP) is 4.94. The Hall–Kier alpha value is -1.41. The molecule has 0 aliphatic rings. The Morgan fingerprint density at radius 2 is 0.645 bits per heavy atom. The maximum absolute atomic E-state index is 13.4. The molecule has 0 aromatic carbocycles. The fourth-order valence-electron chi connectivity index (χ4n) is 1.55. The second-order valence-corrected chi connectivity index (χ2v) is 5.54. The molecule has 2 atom stereocenters. The number of aliphatic hydroxyl groups is 2. The Labute approximate surface area is 155 Å². The zero-order valence-corrected chi connectivity index (χ0v) is 13.2. The molecular formula is C10H3F19O2. The van der Waals surface area contributed by atoms with Gasteiger partial charge in [0.15, 0.2) is 0 Å². The van der Waals surface area contributed by atoms with Gasteiger partial charge in [0.05, 0.1) is 0 Å². The highest BCUT2D eigenvalue weighted by atomic mass is 19.4. The summed E-state index contributed by atoms with van der Waals surface area (Å²) in [6.07, 6.45) is -13.8. The van der Waals surface area contributed by atoms with Gasteiger partial charge in [-0.05, 0) is 0 Å². The van der Waals surface area contributed by atoms with E-state index in [1.807, 2.05) is 0 Å². The molecule has 0 aliphatic heterocycles. The lowest BCUT2D eigenvalue weighted by Gasteiger charge is -2.45. The largest absolute Gasteiger partial charge is 0.460 e. The Balaban J connectivity index is 6.91. The average Bonchev–Trinajstić information content (AvgIpc) is 2.52. The average molecular weight is 516 g/mol. The molecule has 0 rings (SSSR count). The van der Waals surface area contributed by atoms with Gasteiger partial charge in [-0.2, -0.15) is 74.6 Å². The summed E-state index contributed by atoms with van der Waals surface area (Å²) in [5, 5.41) is 16.1. The first kappa shape index (κ1) is 29.6. The molecule has 2 nitrogen and oxygen atoms in total. The molecule has 0 amide bonds. The molecule has 0 aromatic heterocycles. The van der Waals surface area contributed by atoms with Crippen LogP contribution in [0.1, 0.15) is 0 Å². The SMILES string of the molecule is OC(F)(C(F)(F)C(F)F)C(F)(F)C(F)(F)C(O)(F)C(F)(F)C(F)(F)C(F)(F)C(F)(F)F. The van der Waals surface area contributed by atoms with E-state index in [-0.39, 0.29) is 0 Å². The fourth-order valence-corrected chi connectivity index (χ4v) is 1.55. The number of halogens is 19. The van der Waals surface area contributed by atoms with Gasteiger partial charge in [-0.25, -0.2) is 8.78 Å². The summed E-state index contributed by atoms with van der Waals surface area (Å²) in [6, 6.07) is 0. The third-order valence-corrected chi connectivity index (χ3v) is 3.50. The number of alkyl halides is 19. The Kier molecular flexibility index (Phi) is 6.72. The molecule has 0 spiro atoms. The van der Waals surface area contributed by atoms with Crippen molar-refractivity contribution < 1.29 is 93.6 Å². The van der Waals surface area contributed by atoms with Gasteiger partial charge in [-0.3, -0.25) is 0 Å². The van der Waals surface area contributed by atoms with Crippen molar-refractivity contribution in [2.24, 2.45) is 0 Å². The molecule has 31 heavy (non-hydrogen) atoms. The molecule has 0 aliphatic carbocycles. The van der Waals surface area contributed by atoms with Gasteiger partial charge in [-0.1, -0.05) is 0 Å². The quantitative estimate of drug-likeness (QED) is 0.449. The first-order valence-electron chi connectivity index (χ1n) is 6.39. The highest BCUT2D eigenvalue weighted by Gasteiger charge is 2.95. The van der Waals surface area contributed by atoms with E-state index in [0.717, 1.165) is 0 Å². The Bertz CT molecular complexity index is 659. The summed E-state index contributed by atoms with van der Waals surface area (Å²) in [5.41, 5.74) is 0. The zero-order chi connectivity index (χ0) is 26.1. The van der Waals surface area contributed by atoms with E-state index in [0.29, 0.717) is 0 Å². The molecule has 0 saturated carbocycles. The van der Waals surface area contributed by atoms with Crippen LogP contribution in [0.3, 0.4) is 0 Å². The van der Waals surface area contributed by atoms with Gasteiger partial charge in [0.2, 0.25) is 0 Å². The van der Waals surface area contributed by atoms with E-state index in [1.54, 1.807) is 0 Å². The summed E-state index contributed by atoms with van der Waals surface area (Å²) in [6.45, 7) is 0. The van der Waals surface area contributed by atoms with E-state index >= 15 is 0 Å². The second kappa shape index (κ2) is 7.04. The molecule has 2 N–H and O–H groups in total. The third-order valence-electron chi connectivity index (χ3n) is 3.50. The van der Waals surface area contributed by atoms with Gasteiger partial charge in [0.25, 0.3) is 0 Å². The van der Waals surface area contributed by atoms with Crippen molar-refractivity contribution in [1.29, 1.82) is 0 Å². The van der Waals surface area contributed by atoms with E-state index in [1.165, 1.54) is 0 Å². The monoisotopic (exact) mass is 516 g/mol. The lowest BCUT2D eigenvalue weighted by Crippen LogP contribution is -2.78. The van der Waals surface area contributed by atoms with Crippen molar-refractivity contribution in [3.05, 3.63) is 0 Å². The normalized spacial score (nSPS) is 19.9. The van der Waals surface area contributed by atoms with E-state index < -0.39 is 59.8 Å². The molecule has 0 radical (unpaired) electrons. The van der Waals surface area contributed by atoms with Crippen LogP contribution in [0.5, 0.6) is 0 Å². The molecule has 0 saturated heterocycles. The van der Waals surface area contributed by atoms with Crippen LogP contribution in [-0.4, -0.2) is 70.1 Å². The Morgan fingerprint density at radius 3 is 0.903 bits per heavy atom. The van der Waals surface area contributed by atoms with E-state index in [2.05, 4.69) is 0 Å². The van der Waals surface area contributed by atoms with Crippen molar-refractivity contribution in [3.8, 4) is 0 Å². The van der Waals surface area contributed by atoms with Crippen LogP contribution < -0.4 is 0 Å². The molecule has 0 heterocycles. The molecule has 2 unspecified atom stereocenters.